The molecule has 1 heterocycles. The van der Waals surface area contributed by atoms with Crippen LogP contribution in [0.3, 0.4) is 0 Å². The van der Waals surface area contributed by atoms with Crippen LogP contribution in [0.1, 0.15) is 50.8 Å². The number of hydrogen-bond acceptors (Lipinski definition) is 2. The van der Waals surface area contributed by atoms with Crippen LogP contribution in [0, 0.1) is 12.3 Å². The molecule has 0 unspecified atom stereocenters. The third kappa shape index (κ3) is 3.89. The van der Waals surface area contributed by atoms with Crippen molar-refractivity contribution >= 4 is 11.9 Å². The van der Waals surface area contributed by atoms with Crippen molar-refractivity contribution in [2.45, 2.75) is 52.6 Å². The van der Waals surface area contributed by atoms with Gasteiger partial charge in [0.1, 0.15) is 6.04 Å². The Labute approximate surface area is 144 Å². The van der Waals surface area contributed by atoms with Gasteiger partial charge in [-0.3, -0.25) is 4.79 Å². The van der Waals surface area contributed by atoms with Gasteiger partial charge in [0.25, 0.3) is 0 Å². The Morgan fingerprint density at radius 2 is 1.92 bits per heavy atom. The molecule has 5 heteroatoms. The summed E-state index contributed by atoms with van der Waals surface area (Å²) in [6, 6.07) is 7.47. The van der Waals surface area contributed by atoms with Crippen molar-refractivity contribution in [3.8, 4) is 0 Å². The number of rotatable bonds is 3. The number of aryl methyl sites for hydroxylation is 1. The molecule has 132 valence electrons. The van der Waals surface area contributed by atoms with Crippen molar-refractivity contribution in [3.63, 3.8) is 0 Å². The summed E-state index contributed by atoms with van der Waals surface area (Å²) < 4.78 is 0. The van der Waals surface area contributed by atoms with E-state index in [4.69, 9.17) is 0 Å². The number of nitrogens with zero attached hydrogens (tertiary/aromatic N) is 1. The summed E-state index contributed by atoms with van der Waals surface area (Å²) in [6.07, 6.45) is 1.58. The first-order valence-electron chi connectivity index (χ1n) is 8.60. The summed E-state index contributed by atoms with van der Waals surface area (Å²) in [5, 5.41) is 5.83. The maximum atomic E-state index is 12.9. The van der Waals surface area contributed by atoms with Gasteiger partial charge in [-0.1, -0.05) is 45.0 Å². The number of nitrogens with one attached hydrogen (secondary N) is 2. The van der Waals surface area contributed by atoms with Crippen LogP contribution in [0.25, 0.3) is 0 Å². The zero-order chi connectivity index (χ0) is 17.9. The molecule has 2 atom stereocenters. The predicted octanol–water partition coefficient (Wildman–Crippen LogP) is 3.00. The highest BCUT2D eigenvalue weighted by molar-refractivity contribution is 5.87. The topological polar surface area (TPSA) is 61.4 Å². The Morgan fingerprint density at radius 3 is 2.50 bits per heavy atom. The standard InChI is InChI=1S/C19H29N3O2/c1-13-9-6-7-10-14(13)16(19(2,3)4)21-18(24)22-12-8-11-15(22)17(23)20-5/h6-7,9-10,15-16H,8,11-12H2,1-5H3,(H,20,23)(H,21,24)/t15-,16-/m1/s1. The fourth-order valence-electron chi connectivity index (χ4n) is 3.33. The number of hydrogen-bond donors (Lipinski definition) is 2. The lowest BCUT2D eigenvalue weighted by molar-refractivity contribution is -0.124. The van der Waals surface area contributed by atoms with Gasteiger partial charge in [-0.05, 0) is 36.3 Å². The number of likely N-dealkylation sites (tertiary alicyclic amines) is 1. The van der Waals surface area contributed by atoms with Crippen molar-refractivity contribution in [1.29, 1.82) is 0 Å². The van der Waals surface area contributed by atoms with Gasteiger partial charge in [0.2, 0.25) is 5.91 Å². The van der Waals surface area contributed by atoms with Crippen LogP contribution >= 0.6 is 0 Å². The Balaban J connectivity index is 2.23. The summed E-state index contributed by atoms with van der Waals surface area (Å²) >= 11 is 0. The van der Waals surface area contributed by atoms with E-state index in [1.54, 1.807) is 11.9 Å². The molecule has 0 aromatic heterocycles. The van der Waals surface area contributed by atoms with Crippen molar-refractivity contribution < 1.29 is 9.59 Å². The Hall–Kier alpha value is -2.04. The largest absolute Gasteiger partial charge is 0.357 e. The monoisotopic (exact) mass is 331 g/mol. The van der Waals surface area contributed by atoms with E-state index < -0.39 is 0 Å². The van der Waals surface area contributed by atoms with E-state index in [0.29, 0.717) is 6.54 Å². The summed E-state index contributed by atoms with van der Waals surface area (Å²) in [5.74, 6) is -0.0918. The third-order valence-corrected chi connectivity index (χ3v) is 4.70. The van der Waals surface area contributed by atoms with Gasteiger partial charge in [0.15, 0.2) is 0 Å². The molecule has 1 aromatic rings. The van der Waals surface area contributed by atoms with E-state index >= 15 is 0 Å². The lowest BCUT2D eigenvalue weighted by Gasteiger charge is -2.35. The van der Waals surface area contributed by atoms with Crippen molar-refractivity contribution in [3.05, 3.63) is 35.4 Å². The second-order valence-electron chi connectivity index (χ2n) is 7.57. The molecular formula is C19H29N3O2. The second-order valence-corrected chi connectivity index (χ2v) is 7.57. The number of likely N-dealkylation sites (N-methyl/N-ethyl adjacent to an activating group) is 1. The van der Waals surface area contributed by atoms with Crippen molar-refractivity contribution in [2.24, 2.45) is 5.41 Å². The van der Waals surface area contributed by atoms with Crippen LogP contribution < -0.4 is 10.6 Å². The summed E-state index contributed by atoms with van der Waals surface area (Å²) in [6.45, 7) is 9.03. The third-order valence-electron chi connectivity index (χ3n) is 4.70. The molecule has 2 N–H and O–H groups in total. The highest BCUT2D eigenvalue weighted by atomic mass is 16.2. The molecule has 5 nitrogen and oxygen atoms in total. The number of carbonyl (C=O) groups is 2. The molecule has 1 aliphatic rings. The van der Waals surface area contributed by atoms with Gasteiger partial charge in [-0.15, -0.1) is 0 Å². The lowest BCUT2D eigenvalue weighted by atomic mass is 9.81. The molecule has 0 bridgehead atoms. The first-order valence-corrected chi connectivity index (χ1v) is 8.60. The van der Waals surface area contributed by atoms with Crippen LogP contribution in [0.15, 0.2) is 24.3 Å². The molecule has 1 aliphatic heterocycles. The van der Waals surface area contributed by atoms with E-state index in [-0.39, 0.29) is 29.4 Å². The summed E-state index contributed by atoms with van der Waals surface area (Å²) in [7, 11) is 1.61. The maximum Gasteiger partial charge on any atom is 0.318 e. The Morgan fingerprint density at radius 1 is 1.25 bits per heavy atom. The van der Waals surface area contributed by atoms with Crippen molar-refractivity contribution in [2.75, 3.05) is 13.6 Å². The van der Waals surface area contributed by atoms with Gasteiger partial charge in [0.05, 0.1) is 6.04 Å². The van der Waals surface area contributed by atoms with E-state index in [0.717, 1.165) is 24.0 Å². The Kier molecular flexibility index (Phi) is 5.52. The minimum absolute atomic E-state index is 0.0918. The van der Waals surface area contributed by atoms with Crippen LogP contribution in [0.4, 0.5) is 4.79 Å². The molecule has 0 radical (unpaired) electrons. The minimum atomic E-state index is -0.368. The van der Waals surface area contributed by atoms with E-state index in [2.05, 4.69) is 50.5 Å². The van der Waals surface area contributed by atoms with E-state index in [1.807, 2.05) is 12.1 Å². The Bertz CT molecular complexity index is 607. The maximum absolute atomic E-state index is 12.9. The first-order chi connectivity index (χ1) is 11.3. The first kappa shape index (κ1) is 18.3. The average Bonchev–Trinajstić information content (AvgIpc) is 3.01. The smallest absolute Gasteiger partial charge is 0.318 e. The van der Waals surface area contributed by atoms with E-state index in [1.165, 1.54) is 0 Å². The summed E-state index contributed by atoms with van der Waals surface area (Å²) in [5.41, 5.74) is 2.14. The van der Waals surface area contributed by atoms with Gasteiger partial charge in [-0.25, -0.2) is 4.79 Å². The fourth-order valence-corrected chi connectivity index (χ4v) is 3.33. The van der Waals surface area contributed by atoms with Gasteiger partial charge < -0.3 is 15.5 Å². The predicted molar refractivity (Wildman–Crippen MR) is 95.7 cm³/mol. The normalized spacial score (nSPS) is 19.0. The molecule has 0 aliphatic carbocycles. The van der Waals surface area contributed by atoms with Gasteiger partial charge in [0, 0.05) is 13.6 Å². The molecule has 24 heavy (non-hydrogen) atoms. The fraction of sp³-hybridized carbons (Fsp3) is 0.579. The second kappa shape index (κ2) is 7.24. The lowest BCUT2D eigenvalue weighted by Crippen LogP contribution is -2.51. The molecule has 3 amide bonds. The number of benzene rings is 1. The quantitative estimate of drug-likeness (QED) is 0.894. The number of urea groups is 1. The highest BCUT2D eigenvalue weighted by Crippen LogP contribution is 2.34. The number of amides is 3. The van der Waals surface area contributed by atoms with Crippen molar-refractivity contribution in [1.82, 2.24) is 15.5 Å². The zero-order valence-corrected chi connectivity index (χ0v) is 15.3. The molecule has 1 saturated heterocycles. The summed E-state index contributed by atoms with van der Waals surface area (Å²) in [4.78, 5) is 26.5. The van der Waals surface area contributed by atoms with Crippen LogP contribution in [-0.4, -0.2) is 36.5 Å². The van der Waals surface area contributed by atoms with Crippen LogP contribution in [0.2, 0.25) is 0 Å². The molecule has 0 spiro atoms. The molecule has 1 aromatic carbocycles. The molecule has 1 fully saturated rings. The average molecular weight is 331 g/mol. The zero-order valence-electron chi connectivity index (χ0n) is 15.3. The van der Waals surface area contributed by atoms with Crippen LogP contribution in [0.5, 0.6) is 0 Å². The van der Waals surface area contributed by atoms with Crippen LogP contribution in [-0.2, 0) is 4.79 Å². The minimum Gasteiger partial charge on any atom is -0.357 e. The van der Waals surface area contributed by atoms with E-state index in [9.17, 15) is 9.59 Å². The molecular weight excluding hydrogens is 302 g/mol. The van der Waals surface area contributed by atoms with Gasteiger partial charge >= 0.3 is 6.03 Å². The van der Waals surface area contributed by atoms with Gasteiger partial charge in [-0.2, -0.15) is 0 Å². The molecule has 2 rings (SSSR count). The number of carbonyl (C=O) groups excluding carboxylic acids is 2. The highest BCUT2D eigenvalue weighted by Gasteiger charge is 2.36. The SMILES string of the molecule is CNC(=O)[C@H]1CCCN1C(=O)N[C@H](c1ccccc1C)C(C)(C)C. The molecule has 0 saturated carbocycles.